The van der Waals surface area contributed by atoms with Gasteiger partial charge in [-0.2, -0.15) is 0 Å². The normalized spacial score (nSPS) is 24.4. The predicted octanol–water partition coefficient (Wildman–Crippen LogP) is 3.23. The van der Waals surface area contributed by atoms with E-state index < -0.39 is 47.3 Å². The molecule has 5 amide bonds. The van der Waals surface area contributed by atoms with Crippen molar-refractivity contribution < 1.29 is 24.0 Å². The number of carbonyl (C=O) groups excluding carboxylic acids is 5. The van der Waals surface area contributed by atoms with E-state index in [0.717, 1.165) is 32.1 Å². The van der Waals surface area contributed by atoms with Gasteiger partial charge in [0.1, 0.15) is 12.1 Å². The highest BCUT2D eigenvalue weighted by Crippen LogP contribution is 2.65. The number of carbonyl (C=O) groups is 5. The molecule has 0 bridgehead atoms. The van der Waals surface area contributed by atoms with Crippen LogP contribution in [0.4, 0.5) is 4.79 Å². The minimum absolute atomic E-state index is 0.0215. The molecule has 1 saturated heterocycles. The van der Waals surface area contributed by atoms with Gasteiger partial charge in [-0.25, -0.2) is 4.79 Å². The maximum Gasteiger partial charge on any atom is 0.315 e. The maximum atomic E-state index is 14.2. The first kappa shape index (κ1) is 33.3. The number of ketones is 1. The third kappa shape index (κ3) is 8.01. The van der Waals surface area contributed by atoms with Crippen LogP contribution in [-0.2, 0) is 19.2 Å². The summed E-state index contributed by atoms with van der Waals surface area (Å²) in [6.07, 6.45) is 9.17. The van der Waals surface area contributed by atoms with E-state index in [1.807, 2.05) is 20.8 Å². The molecule has 3 aliphatic rings. The van der Waals surface area contributed by atoms with Crippen molar-refractivity contribution in [3.05, 3.63) is 25.3 Å². The fourth-order valence-electron chi connectivity index (χ4n) is 6.70. The molecule has 0 radical (unpaired) electrons. The number of nitrogens with one attached hydrogen (secondary N) is 4. The van der Waals surface area contributed by atoms with Crippen LogP contribution in [0.2, 0.25) is 0 Å². The number of piperidine rings is 1. The summed E-state index contributed by atoms with van der Waals surface area (Å²) in [5.41, 5.74) is -0.615. The largest absolute Gasteiger partial charge is 0.349 e. The molecule has 1 heterocycles. The minimum atomic E-state index is -1.04. The molecule has 0 aromatic heterocycles. The Bertz CT molecular complexity index is 1060. The Morgan fingerprint density at radius 2 is 1.62 bits per heavy atom. The first-order valence-corrected chi connectivity index (χ1v) is 15.5. The van der Waals surface area contributed by atoms with Crippen LogP contribution in [0.5, 0.6) is 0 Å². The third-order valence-electron chi connectivity index (χ3n) is 9.07. The first-order chi connectivity index (χ1) is 19.7. The van der Waals surface area contributed by atoms with Crippen LogP contribution in [0.3, 0.4) is 0 Å². The zero-order chi connectivity index (χ0) is 31.2. The van der Waals surface area contributed by atoms with Gasteiger partial charge in [-0.3, -0.25) is 19.2 Å². The molecule has 5 atom stereocenters. The lowest BCUT2D eigenvalue weighted by atomic mass is 9.83. The number of rotatable bonds is 13. The quantitative estimate of drug-likeness (QED) is 0.149. The summed E-state index contributed by atoms with van der Waals surface area (Å²) < 4.78 is 0. The number of fused-ring (bicyclic) bond motifs is 1. The molecular weight excluding hydrogens is 534 g/mol. The minimum Gasteiger partial charge on any atom is -0.349 e. The molecule has 3 fully saturated rings. The van der Waals surface area contributed by atoms with Crippen LogP contribution in [-0.4, -0.2) is 71.2 Å². The highest BCUT2D eigenvalue weighted by atomic mass is 16.2. The highest BCUT2D eigenvalue weighted by Gasteiger charge is 2.69. The van der Waals surface area contributed by atoms with Crippen molar-refractivity contribution in [3.8, 4) is 0 Å². The molecule has 0 aromatic rings. The number of hydrogen-bond donors (Lipinski definition) is 4. The second-order valence-corrected chi connectivity index (χ2v) is 13.7. The van der Waals surface area contributed by atoms with Gasteiger partial charge >= 0.3 is 6.03 Å². The average molecular weight is 586 g/mol. The van der Waals surface area contributed by atoms with Crippen LogP contribution in [0.25, 0.3) is 0 Å². The SMILES string of the molecule is C=CCCNC(=O)C(=O)[C@H](CCC=C)NC(=O)[C@@H]1[C@@H]2[C@H](CN1C(=O)[C@@H](NC(=O)NC(C)(C)C)C1CCCCC1)C2(C)C. The molecule has 10 nitrogen and oxygen atoms in total. The Hall–Kier alpha value is -3.17. The van der Waals surface area contributed by atoms with E-state index in [0.29, 0.717) is 19.4 Å². The van der Waals surface area contributed by atoms with E-state index in [-0.39, 0.29) is 42.0 Å². The van der Waals surface area contributed by atoms with E-state index in [2.05, 4.69) is 48.3 Å². The summed E-state index contributed by atoms with van der Waals surface area (Å²) in [5, 5.41) is 11.3. The summed E-state index contributed by atoms with van der Waals surface area (Å²) in [7, 11) is 0. The Labute approximate surface area is 250 Å². The van der Waals surface area contributed by atoms with Gasteiger partial charge in [-0.05, 0) is 76.0 Å². The first-order valence-electron chi connectivity index (χ1n) is 15.5. The molecule has 10 heteroatoms. The summed E-state index contributed by atoms with van der Waals surface area (Å²) in [5.74, 6) is -2.15. The van der Waals surface area contributed by atoms with Crippen LogP contribution in [0.1, 0.15) is 86.0 Å². The Kier molecular flexibility index (Phi) is 11.0. The number of urea groups is 1. The smallest absolute Gasteiger partial charge is 0.315 e. The van der Waals surface area contributed by atoms with Gasteiger partial charge < -0.3 is 26.2 Å². The van der Waals surface area contributed by atoms with Crippen molar-refractivity contribution in [2.75, 3.05) is 13.1 Å². The molecule has 2 saturated carbocycles. The zero-order valence-electron chi connectivity index (χ0n) is 26.1. The third-order valence-corrected chi connectivity index (χ3v) is 9.07. The van der Waals surface area contributed by atoms with E-state index in [1.165, 1.54) is 0 Å². The number of hydrogen-bond acceptors (Lipinski definition) is 5. The van der Waals surface area contributed by atoms with Gasteiger partial charge in [-0.15, -0.1) is 13.2 Å². The fraction of sp³-hybridized carbons (Fsp3) is 0.719. The number of allylic oxidation sites excluding steroid dienone is 1. The lowest BCUT2D eigenvalue weighted by Gasteiger charge is -2.37. The van der Waals surface area contributed by atoms with E-state index in [9.17, 15) is 24.0 Å². The van der Waals surface area contributed by atoms with Crippen molar-refractivity contribution in [3.63, 3.8) is 0 Å². The monoisotopic (exact) mass is 585 g/mol. The summed E-state index contributed by atoms with van der Waals surface area (Å²) in [6, 6.07) is -2.99. The van der Waals surface area contributed by atoms with Crippen molar-refractivity contribution in [2.24, 2.45) is 23.2 Å². The maximum absolute atomic E-state index is 14.2. The van der Waals surface area contributed by atoms with Gasteiger partial charge in [0.15, 0.2) is 0 Å². The summed E-state index contributed by atoms with van der Waals surface area (Å²) in [6.45, 7) is 17.8. The van der Waals surface area contributed by atoms with E-state index in [4.69, 9.17) is 0 Å². The van der Waals surface area contributed by atoms with Crippen LogP contribution in [0.15, 0.2) is 25.3 Å². The van der Waals surface area contributed by atoms with Crippen molar-refractivity contribution in [1.29, 1.82) is 0 Å². The topological polar surface area (TPSA) is 137 Å². The average Bonchev–Trinajstić information content (AvgIpc) is 3.24. The molecule has 2 aliphatic carbocycles. The van der Waals surface area contributed by atoms with Crippen LogP contribution in [0, 0.1) is 23.2 Å². The van der Waals surface area contributed by atoms with Crippen LogP contribution < -0.4 is 21.3 Å². The number of amides is 5. The van der Waals surface area contributed by atoms with Gasteiger partial charge in [0, 0.05) is 18.6 Å². The van der Waals surface area contributed by atoms with Crippen molar-refractivity contribution in [1.82, 2.24) is 26.2 Å². The van der Waals surface area contributed by atoms with Crippen molar-refractivity contribution in [2.45, 2.75) is 110 Å². The van der Waals surface area contributed by atoms with Crippen molar-refractivity contribution >= 4 is 29.5 Å². The number of nitrogens with zero attached hydrogens (tertiary/aromatic N) is 1. The van der Waals surface area contributed by atoms with Gasteiger partial charge in [0.05, 0.1) is 6.04 Å². The Balaban J connectivity index is 1.83. The van der Waals surface area contributed by atoms with E-state index >= 15 is 0 Å². The zero-order valence-corrected chi connectivity index (χ0v) is 26.1. The molecule has 42 heavy (non-hydrogen) atoms. The second-order valence-electron chi connectivity index (χ2n) is 13.7. The standard InChI is InChI=1S/C32H51N5O5/c1-8-10-17-22(26(38)28(40)33-18-11-9-2)34-27(39)25-23-21(32(23,6)7)19-37(25)29(41)24(20-15-13-12-14-16-20)35-30(42)36-31(3,4)5/h8-9,20-25H,1-2,10-19H2,3-7H3,(H,33,40)(H,34,39)(H2,35,36,42)/t21-,22-,23-,24-,25-/m0/s1. The Morgan fingerprint density at radius 1 is 0.976 bits per heavy atom. The molecule has 4 N–H and O–H groups in total. The molecule has 234 valence electrons. The van der Waals surface area contributed by atoms with Gasteiger partial charge in [0.25, 0.3) is 5.91 Å². The fourth-order valence-corrected chi connectivity index (χ4v) is 6.70. The lowest BCUT2D eigenvalue weighted by Crippen LogP contribution is -2.61. The predicted molar refractivity (Wildman–Crippen MR) is 162 cm³/mol. The summed E-state index contributed by atoms with van der Waals surface area (Å²) >= 11 is 0. The second kappa shape index (κ2) is 13.9. The van der Waals surface area contributed by atoms with E-state index in [1.54, 1.807) is 17.1 Å². The van der Waals surface area contributed by atoms with Gasteiger partial charge in [0.2, 0.25) is 17.6 Å². The molecule has 0 spiro atoms. The van der Waals surface area contributed by atoms with Crippen LogP contribution >= 0.6 is 0 Å². The summed E-state index contributed by atoms with van der Waals surface area (Å²) in [4.78, 5) is 68.3. The molecule has 3 rings (SSSR count). The molecule has 1 aliphatic heterocycles. The molecule has 0 aromatic carbocycles. The Morgan fingerprint density at radius 3 is 2.21 bits per heavy atom. The number of Topliss-reactive ketones (excluding diaryl/α,β-unsaturated/α-hetero) is 1. The lowest BCUT2D eigenvalue weighted by molar-refractivity contribution is -0.144. The molecular formula is C32H51N5O5. The van der Waals surface area contributed by atoms with Gasteiger partial charge in [-0.1, -0.05) is 45.3 Å². The number of likely N-dealkylation sites (tertiary alicyclic amines) is 1. The highest BCUT2D eigenvalue weighted by molar-refractivity contribution is 6.38. The molecule has 0 unspecified atom stereocenters.